The number of nitrogens with one attached hydrogen (secondary N) is 1. The van der Waals surface area contributed by atoms with Crippen molar-refractivity contribution in [3.05, 3.63) is 35.9 Å². The molecule has 0 fully saturated rings. The number of ether oxygens (including phenoxy) is 1. The second kappa shape index (κ2) is 6.68. The molecule has 0 bridgehead atoms. The smallest absolute Gasteiger partial charge is 0.328 e. The first-order valence-electron chi connectivity index (χ1n) is 5.52. The summed E-state index contributed by atoms with van der Waals surface area (Å²) in [5.74, 6) is -0.635. The zero-order valence-electron chi connectivity index (χ0n) is 10.1. The number of esters is 1. The van der Waals surface area contributed by atoms with Gasteiger partial charge >= 0.3 is 5.97 Å². The molecule has 0 heterocycles. The van der Waals surface area contributed by atoms with Crippen molar-refractivity contribution >= 4 is 11.9 Å². The van der Waals surface area contributed by atoms with Crippen LogP contribution in [0.25, 0.3) is 0 Å². The van der Waals surface area contributed by atoms with Gasteiger partial charge in [0.05, 0.1) is 7.11 Å². The van der Waals surface area contributed by atoms with Crippen LogP contribution >= 0.6 is 0 Å². The summed E-state index contributed by atoms with van der Waals surface area (Å²) < 4.78 is 4.65. The van der Waals surface area contributed by atoms with E-state index in [1.165, 1.54) is 14.0 Å². The van der Waals surface area contributed by atoms with Gasteiger partial charge in [-0.05, 0) is 18.4 Å². The van der Waals surface area contributed by atoms with Gasteiger partial charge < -0.3 is 10.1 Å². The quantitative estimate of drug-likeness (QED) is 0.782. The Labute approximate surface area is 101 Å². The highest BCUT2D eigenvalue weighted by Gasteiger charge is 2.19. The summed E-state index contributed by atoms with van der Waals surface area (Å²) in [4.78, 5) is 22.4. The van der Waals surface area contributed by atoms with Crippen molar-refractivity contribution in [2.24, 2.45) is 0 Å². The molecule has 17 heavy (non-hydrogen) atoms. The molecule has 0 aliphatic rings. The van der Waals surface area contributed by atoms with E-state index in [-0.39, 0.29) is 5.91 Å². The standard InChI is InChI=1S/C13H17NO3/c1-10(15)14-12(13(16)17-2)9-8-11-6-4-3-5-7-11/h3-7,12H,8-9H2,1-2H3,(H,14,15)/t12-/m0/s1. The second-order valence-electron chi connectivity index (χ2n) is 3.80. The Bertz CT molecular complexity index is 376. The number of hydrogen-bond donors (Lipinski definition) is 1. The van der Waals surface area contributed by atoms with Crippen LogP contribution in [0.2, 0.25) is 0 Å². The van der Waals surface area contributed by atoms with Crippen molar-refractivity contribution in [2.75, 3.05) is 7.11 Å². The molecule has 0 saturated carbocycles. The normalized spacial score (nSPS) is 11.6. The highest BCUT2D eigenvalue weighted by Crippen LogP contribution is 2.06. The minimum absolute atomic E-state index is 0.228. The molecule has 0 aromatic heterocycles. The Balaban J connectivity index is 2.55. The van der Waals surface area contributed by atoms with Gasteiger partial charge in [-0.2, -0.15) is 0 Å². The summed E-state index contributed by atoms with van der Waals surface area (Å²) in [6.45, 7) is 1.39. The van der Waals surface area contributed by atoms with Gasteiger partial charge in [-0.25, -0.2) is 4.79 Å². The fraction of sp³-hybridized carbons (Fsp3) is 0.385. The maximum Gasteiger partial charge on any atom is 0.328 e. The van der Waals surface area contributed by atoms with E-state index in [1.54, 1.807) is 0 Å². The minimum atomic E-state index is -0.572. The van der Waals surface area contributed by atoms with Gasteiger partial charge in [0.25, 0.3) is 0 Å². The third kappa shape index (κ3) is 4.68. The lowest BCUT2D eigenvalue weighted by Gasteiger charge is -2.15. The van der Waals surface area contributed by atoms with E-state index in [4.69, 9.17) is 0 Å². The molecule has 0 saturated heterocycles. The van der Waals surface area contributed by atoms with E-state index >= 15 is 0 Å². The predicted molar refractivity (Wildman–Crippen MR) is 64.4 cm³/mol. The van der Waals surface area contributed by atoms with E-state index in [0.29, 0.717) is 6.42 Å². The van der Waals surface area contributed by atoms with Crippen molar-refractivity contribution in [1.29, 1.82) is 0 Å². The predicted octanol–water partition coefficient (Wildman–Crippen LogP) is 1.30. The molecule has 0 spiro atoms. The van der Waals surface area contributed by atoms with Crippen LogP contribution in [-0.4, -0.2) is 25.0 Å². The van der Waals surface area contributed by atoms with Crippen LogP contribution in [0.5, 0.6) is 0 Å². The summed E-state index contributed by atoms with van der Waals surface area (Å²) in [7, 11) is 1.32. The van der Waals surface area contributed by atoms with E-state index < -0.39 is 12.0 Å². The molecular formula is C13H17NO3. The Kier molecular flexibility index (Phi) is 5.20. The topological polar surface area (TPSA) is 55.4 Å². The summed E-state index contributed by atoms with van der Waals surface area (Å²) in [5.41, 5.74) is 1.13. The molecule has 92 valence electrons. The number of carbonyl (C=O) groups excluding carboxylic acids is 2. The van der Waals surface area contributed by atoms with Gasteiger partial charge in [0.1, 0.15) is 6.04 Å². The van der Waals surface area contributed by atoms with Crippen molar-refractivity contribution in [3.8, 4) is 0 Å². The zero-order chi connectivity index (χ0) is 12.7. The van der Waals surface area contributed by atoms with E-state index in [9.17, 15) is 9.59 Å². The third-order valence-corrected chi connectivity index (χ3v) is 2.43. The minimum Gasteiger partial charge on any atom is -0.467 e. The fourth-order valence-corrected chi connectivity index (χ4v) is 1.59. The molecular weight excluding hydrogens is 218 g/mol. The number of aryl methyl sites for hydroxylation is 1. The van der Waals surface area contributed by atoms with Gasteiger partial charge in [-0.3, -0.25) is 4.79 Å². The summed E-state index contributed by atoms with van der Waals surface area (Å²) >= 11 is 0. The first kappa shape index (κ1) is 13.2. The van der Waals surface area contributed by atoms with Crippen molar-refractivity contribution in [1.82, 2.24) is 5.32 Å². The molecule has 0 aliphatic heterocycles. The van der Waals surface area contributed by atoms with Crippen LogP contribution in [0.15, 0.2) is 30.3 Å². The van der Waals surface area contributed by atoms with Gasteiger partial charge in [-0.1, -0.05) is 30.3 Å². The molecule has 0 aliphatic carbocycles. The molecule has 4 nitrogen and oxygen atoms in total. The fourth-order valence-electron chi connectivity index (χ4n) is 1.59. The molecule has 1 amide bonds. The van der Waals surface area contributed by atoms with Crippen LogP contribution in [0.3, 0.4) is 0 Å². The summed E-state index contributed by atoms with van der Waals surface area (Å²) in [5, 5.41) is 2.59. The molecule has 4 heteroatoms. The lowest BCUT2D eigenvalue weighted by atomic mass is 10.1. The molecule has 1 atom stereocenters. The Hall–Kier alpha value is -1.84. The number of carbonyl (C=O) groups is 2. The van der Waals surface area contributed by atoms with Gasteiger partial charge in [-0.15, -0.1) is 0 Å². The molecule has 1 aromatic carbocycles. The largest absolute Gasteiger partial charge is 0.467 e. The average molecular weight is 235 g/mol. The molecule has 1 aromatic rings. The van der Waals surface area contributed by atoms with Crippen molar-refractivity contribution in [3.63, 3.8) is 0 Å². The highest BCUT2D eigenvalue weighted by molar-refractivity contribution is 5.83. The summed E-state index contributed by atoms with van der Waals surface area (Å²) in [6, 6.07) is 9.24. The van der Waals surface area contributed by atoms with Gasteiger partial charge in [0, 0.05) is 6.92 Å². The van der Waals surface area contributed by atoms with Gasteiger partial charge in [0.2, 0.25) is 5.91 Å². The zero-order valence-corrected chi connectivity index (χ0v) is 10.1. The maximum atomic E-state index is 11.4. The number of amides is 1. The number of benzene rings is 1. The van der Waals surface area contributed by atoms with Crippen LogP contribution in [0, 0.1) is 0 Å². The lowest BCUT2D eigenvalue weighted by molar-refractivity contribution is -0.145. The molecule has 1 rings (SSSR count). The SMILES string of the molecule is COC(=O)[C@H](CCc1ccccc1)NC(C)=O. The monoisotopic (exact) mass is 235 g/mol. The first-order valence-corrected chi connectivity index (χ1v) is 5.52. The van der Waals surface area contributed by atoms with Gasteiger partial charge in [0.15, 0.2) is 0 Å². The molecule has 0 unspecified atom stereocenters. The van der Waals surface area contributed by atoms with Crippen LogP contribution < -0.4 is 5.32 Å². The Morgan fingerprint density at radius 2 is 1.94 bits per heavy atom. The van der Waals surface area contributed by atoms with Crippen molar-refractivity contribution in [2.45, 2.75) is 25.8 Å². The Morgan fingerprint density at radius 3 is 2.47 bits per heavy atom. The van der Waals surface area contributed by atoms with Crippen LogP contribution in [0.4, 0.5) is 0 Å². The summed E-state index contributed by atoms with van der Waals surface area (Å²) in [6.07, 6.45) is 1.26. The first-order chi connectivity index (χ1) is 8.13. The lowest BCUT2D eigenvalue weighted by Crippen LogP contribution is -2.40. The molecule has 1 N–H and O–H groups in total. The second-order valence-corrected chi connectivity index (χ2v) is 3.80. The van der Waals surface area contributed by atoms with E-state index in [0.717, 1.165) is 12.0 Å². The van der Waals surface area contributed by atoms with E-state index in [1.807, 2.05) is 30.3 Å². The maximum absolute atomic E-state index is 11.4. The van der Waals surface area contributed by atoms with Crippen molar-refractivity contribution < 1.29 is 14.3 Å². The van der Waals surface area contributed by atoms with Crippen LogP contribution in [-0.2, 0) is 20.7 Å². The number of hydrogen-bond acceptors (Lipinski definition) is 3. The highest BCUT2D eigenvalue weighted by atomic mass is 16.5. The molecule has 0 radical (unpaired) electrons. The van der Waals surface area contributed by atoms with Crippen LogP contribution in [0.1, 0.15) is 18.9 Å². The number of rotatable bonds is 5. The average Bonchev–Trinajstić information content (AvgIpc) is 2.34. The number of methoxy groups -OCH3 is 1. The third-order valence-electron chi connectivity index (χ3n) is 2.43. The Morgan fingerprint density at radius 1 is 1.29 bits per heavy atom. The van der Waals surface area contributed by atoms with E-state index in [2.05, 4.69) is 10.1 Å².